The molecule has 5 nitrogen and oxygen atoms in total. The third kappa shape index (κ3) is 3.75. The van der Waals surface area contributed by atoms with E-state index in [4.69, 9.17) is 4.74 Å². The fraction of sp³-hybridized carbons (Fsp3) is 0.600. The minimum atomic E-state index is -3.54. The Morgan fingerprint density at radius 3 is 2.62 bits per heavy atom. The van der Waals surface area contributed by atoms with Crippen molar-refractivity contribution in [2.24, 2.45) is 0 Å². The quantitative estimate of drug-likeness (QED) is 0.872. The highest BCUT2D eigenvalue weighted by Crippen LogP contribution is 2.26. The first-order valence-corrected chi connectivity index (χ1v) is 8.89. The standard InChI is InChI=1S/C15H23NO4S/c1-2-11-20-14-6-8-15(9-7-14)21(18,19)16-10-4-3-5-13(16)12-17/h6-9,13,17H,2-5,10-12H2,1H3. The van der Waals surface area contributed by atoms with E-state index in [0.717, 1.165) is 19.3 Å². The number of hydrogen-bond donors (Lipinski definition) is 1. The summed E-state index contributed by atoms with van der Waals surface area (Å²) in [6, 6.07) is 6.20. The first kappa shape index (κ1) is 16.3. The van der Waals surface area contributed by atoms with E-state index in [1.807, 2.05) is 6.92 Å². The van der Waals surface area contributed by atoms with Crippen LogP contribution in [0.25, 0.3) is 0 Å². The molecule has 0 aliphatic carbocycles. The number of piperidine rings is 1. The van der Waals surface area contributed by atoms with Crippen LogP contribution in [0.15, 0.2) is 29.2 Å². The van der Waals surface area contributed by atoms with E-state index in [1.54, 1.807) is 24.3 Å². The minimum Gasteiger partial charge on any atom is -0.494 e. The van der Waals surface area contributed by atoms with Gasteiger partial charge in [0.1, 0.15) is 5.75 Å². The van der Waals surface area contributed by atoms with E-state index >= 15 is 0 Å². The molecular formula is C15H23NO4S. The zero-order valence-electron chi connectivity index (χ0n) is 12.4. The van der Waals surface area contributed by atoms with Gasteiger partial charge in [0, 0.05) is 12.6 Å². The Hall–Kier alpha value is -1.11. The molecule has 1 aliphatic rings. The molecule has 0 radical (unpaired) electrons. The number of hydrogen-bond acceptors (Lipinski definition) is 4. The van der Waals surface area contributed by atoms with Crippen molar-refractivity contribution in [3.8, 4) is 5.75 Å². The van der Waals surface area contributed by atoms with Crippen molar-refractivity contribution in [2.45, 2.75) is 43.5 Å². The van der Waals surface area contributed by atoms with Gasteiger partial charge in [0.15, 0.2) is 0 Å². The lowest BCUT2D eigenvalue weighted by Gasteiger charge is -2.33. The summed E-state index contributed by atoms with van der Waals surface area (Å²) < 4.78 is 32.2. The lowest BCUT2D eigenvalue weighted by molar-refractivity contribution is 0.155. The van der Waals surface area contributed by atoms with Crippen LogP contribution >= 0.6 is 0 Å². The van der Waals surface area contributed by atoms with Crippen LogP contribution in [0, 0.1) is 0 Å². The molecule has 0 bridgehead atoms. The molecule has 0 aromatic heterocycles. The molecule has 0 saturated carbocycles. The van der Waals surface area contributed by atoms with Crippen molar-refractivity contribution < 1.29 is 18.3 Å². The molecule has 1 aromatic carbocycles. The Balaban J connectivity index is 2.18. The second-order valence-corrected chi connectivity index (χ2v) is 7.16. The van der Waals surface area contributed by atoms with Crippen LogP contribution in [0.3, 0.4) is 0 Å². The minimum absolute atomic E-state index is 0.128. The van der Waals surface area contributed by atoms with Gasteiger partial charge in [-0.05, 0) is 43.5 Å². The molecule has 1 unspecified atom stereocenters. The second kappa shape index (κ2) is 7.24. The summed E-state index contributed by atoms with van der Waals surface area (Å²) in [5.74, 6) is 0.674. The molecule has 1 heterocycles. The molecule has 1 atom stereocenters. The number of aliphatic hydroxyl groups is 1. The van der Waals surface area contributed by atoms with Gasteiger partial charge in [-0.15, -0.1) is 0 Å². The van der Waals surface area contributed by atoms with Gasteiger partial charge >= 0.3 is 0 Å². The normalized spacial score (nSPS) is 20.4. The topological polar surface area (TPSA) is 66.8 Å². The van der Waals surface area contributed by atoms with E-state index in [-0.39, 0.29) is 17.5 Å². The summed E-state index contributed by atoms with van der Waals surface area (Å²) in [6.07, 6.45) is 3.42. The molecule has 118 valence electrons. The van der Waals surface area contributed by atoms with Gasteiger partial charge in [-0.25, -0.2) is 8.42 Å². The maximum Gasteiger partial charge on any atom is 0.243 e. The predicted octanol–water partition coefficient (Wildman–Crippen LogP) is 2.01. The van der Waals surface area contributed by atoms with Crippen LogP contribution in [-0.4, -0.2) is 43.6 Å². The number of sulfonamides is 1. The van der Waals surface area contributed by atoms with E-state index in [2.05, 4.69) is 0 Å². The number of aliphatic hydroxyl groups excluding tert-OH is 1. The summed E-state index contributed by atoms with van der Waals surface area (Å²) in [7, 11) is -3.54. The number of rotatable bonds is 6. The molecule has 21 heavy (non-hydrogen) atoms. The van der Waals surface area contributed by atoms with Crippen molar-refractivity contribution in [2.75, 3.05) is 19.8 Å². The Labute approximate surface area is 126 Å². The monoisotopic (exact) mass is 313 g/mol. The maximum atomic E-state index is 12.7. The SMILES string of the molecule is CCCOc1ccc(S(=O)(=O)N2CCCCC2CO)cc1. The van der Waals surface area contributed by atoms with Crippen LogP contribution < -0.4 is 4.74 Å². The molecule has 6 heteroatoms. The highest BCUT2D eigenvalue weighted by molar-refractivity contribution is 7.89. The fourth-order valence-electron chi connectivity index (χ4n) is 2.54. The molecule has 1 N–H and O–H groups in total. The third-order valence-electron chi connectivity index (χ3n) is 3.69. The Morgan fingerprint density at radius 1 is 1.29 bits per heavy atom. The summed E-state index contributed by atoms with van der Waals surface area (Å²) in [6.45, 7) is 2.98. The van der Waals surface area contributed by atoms with Crippen molar-refractivity contribution in [3.63, 3.8) is 0 Å². The maximum absolute atomic E-state index is 12.7. The average molecular weight is 313 g/mol. The number of benzene rings is 1. The van der Waals surface area contributed by atoms with Gasteiger partial charge in [-0.1, -0.05) is 13.3 Å². The summed E-state index contributed by atoms with van der Waals surface area (Å²) in [5, 5.41) is 9.39. The van der Waals surface area contributed by atoms with Crippen LogP contribution in [-0.2, 0) is 10.0 Å². The molecule has 1 fully saturated rings. The lowest BCUT2D eigenvalue weighted by Crippen LogP contribution is -2.45. The molecule has 1 saturated heterocycles. The highest BCUT2D eigenvalue weighted by atomic mass is 32.2. The van der Waals surface area contributed by atoms with Gasteiger partial charge in [0.2, 0.25) is 10.0 Å². The fourth-order valence-corrected chi connectivity index (χ4v) is 4.22. The average Bonchev–Trinajstić information content (AvgIpc) is 2.53. The van der Waals surface area contributed by atoms with Crippen molar-refractivity contribution in [1.29, 1.82) is 0 Å². The smallest absolute Gasteiger partial charge is 0.243 e. The number of ether oxygens (including phenoxy) is 1. The van der Waals surface area contributed by atoms with Crippen molar-refractivity contribution in [3.05, 3.63) is 24.3 Å². The molecule has 1 aromatic rings. The summed E-state index contributed by atoms with van der Waals surface area (Å²) in [5.41, 5.74) is 0. The van der Waals surface area contributed by atoms with E-state index in [1.165, 1.54) is 4.31 Å². The first-order chi connectivity index (χ1) is 10.1. The third-order valence-corrected chi connectivity index (χ3v) is 5.65. The predicted molar refractivity (Wildman–Crippen MR) is 80.8 cm³/mol. The van der Waals surface area contributed by atoms with Gasteiger partial charge in [0.05, 0.1) is 18.1 Å². The number of nitrogens with zero attached hydrogens (tertiary/aromatic N) is 1. The summed E-state index contributed by atoms with van der Waals surface area (Å²) in [4.78, 5) is 0.256. The lowest BCUT2D eigenvalue weighted by atomic mass is 10.1. The van der Waals surface area contributed by atoms with E-state index in [0.29, 0.717) is 25.3 Å². The second-order valence-electron chi connectivity index (χ2n) is 5.27. The first-order valence-electron chi connectivity index (χ1n) is 7.45. The van der Waals surface area contributed by atoms with Crippen molar-refractivity contribution in [1.82, 2.24) is 4.31 Å². The van der Waals surface area contributed by atoms with Gasteiger partial charge in [-0.3, -0.25) is 0 Å². The molecule has 2 rings (SSSR count). The zero-order valence-corrected chi connectivity index (χ0v) is 13.2. The Kier molecular flexibility index (Phi) is 5.61. The summed E-state index contributed by atoms with van der Waals surface area (Å²) >= 11 is 0. The van der Waals surface area contributed by atoms with Gasteiger partial charge in [0.25, 0.3) is 0 Å². The van der Waals surface area contributed by atoms with Gasteiger partial charge in [-0.2, -0.15) is 4.31 Å². The molecular weight excluding hydrogens is 290 g/mol. The van der Waals surface area contributed by atoms with Crippen LogP contribution in [0.1, 0.15) is 32.6 Å². The Bertz CT molecular complexity index is 541. The Morgan fingerprint density at radius 2 is 2.00 bits per heavy atom. The van der Waals surface area contributed by atoms with Crippen LogP contribution in [0.2, 0.25) is 0 Å². The molecule has 0 spiro atoms. The van der Waals surface area contributed by atoms with Crippen molar-refractivity contribution >= 4 is 10.0 Å². The van der Waals surface area contributed by atoms with Crippen LogP contribution in [0.5, 0.6) is 5.75 Å². The van der Waals surface area contributed by atoms with Crippen LogP contribution in [0.4, 0.5) is 0 Å². The molecule has 0 amide bonds. The van der Waals surface area contributed by atoms with E-state index in [9.17, 15) is 13.5 Å². The van der Waals surface area contributed by atoms with E-state index < -0.39 is 10.0 Å². The highest BCUT2D eigenvalue weighted by Gasteiger charge is 2.32. The molecule has 1 aliphatic heterocycles. The van der Waals surface area contributed by atoms with Gasteiger partial charge < -0.3 is 9.84 Å². The largest absolute Gasteiger partial charge is 0.494 e. The zero-order chi connectivity index (χ0) is 15.3.